The minimum Gasteiger partial charge on any atom is -0.493 e. The normalized spacial score (nSPS) is 26.4. The van der Waals surface area contributed by atoms with E-state index >= 15 is 0 Å². The van der Waals surface area contributed by atoms with E-state index < -0.39 is 0 Å². The van der Waals surface area contributed by atoms with Crippen molar-refractivity contribution in [3.05, 3.63) is 29.8 Å². The van der Waals surface area contributed by atoms with Crippen LogP contribution in [0.3, 0.4) is 0 Å². The van der Waals surface area contributed by atoms with E-state index in [-0.39, 0.29) is 24.0 Å². The predicted molar refractivity (Wildman–Crippen MR) is 112 cm³/mol. The van der Waals surface area contributed by atoms with Gasteiger partial charge in [0.15, 0.2) is 5.96 Å². The summed E-state index contributed by atoms with van der Waals surface area (Å²) in [5.41, 5.74) is 1.31. The second kappa shape index (κ2) is 8.58. The topological polar surface area (TPSA) is 48.9 Å². The van der Waals surface area contributed by atoms with Crippen LogP contribution in [0.2, 0.25) is 0 Å². The Hall–Kier alpha value is -1.02. The number of rotatable bonds is 4. The maximum atomic E-state index is 5.76. The number of fused-ring (bicyclic) bond motifs is 1. The third kappa shape index (κ3) is 4.58. The van der Waals surface area contributed by atoms with Crippen LogP contribution in [0.4, 0.5) is 0 Å². The van der Waals surface area contributed by atoms with Crippen molar-refractivity contribution in [2.24, 2.45) is 4.99 Å². The van der Waals surface area contributed by atoms with Crippen molar-refractivity contribution in [1.82, 2.24) is 15.5 Å². The Morgan fingerprint density at radius 1 is 1.24 bits per heavy atom. The monoisotopic (exact) mass is 456 g/mol. The number of likely N-dealkylation sites (tertiary alicyclic amines) is 1. The molecule has 2 fully saturated rings. The zero-order valence-electron chi connectivity index (χ0n) is 14.9. The smallest absolute Gasteiger partial charge is 0.191 e. The second-order valence-corrected chi connectivity index (χ2v) is 7.18. The van der Waals surface area contributed by atoms with E-state index in [2.05, 4.69) is 38.7 Å². The molecule has 0 radical (unpaired) electrons. The van der Waals surface area contributed by atoms with Gasteiger partial charge in [0.1, 0.15) is 5.75 Å². The standard InChI is InChI=1S/C19H28N4O.HI/c1-20-19(22-15-8-10-23(13-15)16-6-7-16)21-12-14-9-11-24-18-5-3-2-4-17(14)18;/h2-5,14-16H,6-13H2,1H3,(H2,20,21,22);1H. The van der Waals surface area contributed by atoms with Crippen LogP contribution in [0.5, 0.6) is 5.75 Å². The van der Waals surface area contributed by atoms with Gasteiger partial charge in [0.25, 0.3) is 0 Å². The highest BCUT2D eigenvalue weighted by Gasteiger charge is 2.34. The summed E-state index contributed by atoms with van der Waals surface area (Å²) < 4.78 is 5.76. The molecular weight excluding hydrogens is 427 g/mol. The third-order valence-electron chi connectivity index (χ3n) is 5.45. The lowest BCUT2D eigenvalue weighted by atomic mass is 9.93. The molecule has 2 atom stereocenters. The fourth-order valence-electron chi connectivity index (χ4n) is 3.91. The summed E-state index contributed by atoms with van der Waals surface area (Å²) >= 11 is 0. The molecule has 1 saturated carbocycles. The fourth-order valence-corrected chi connectivity index (χ4v) is 3.91. The van der Waals surface area contributed by atoms with Crippen molar-refractivity contribution in [3.63, 3.8) is 0 Å². The van der Waals surface area contributed by atoms with Gasteiger partial charge in [-0.3, -0.25) is 9.89 Å². The first-order valence-electron chi connectivity index (χ1n) is 9.26. The molecule has 2 aliphatic heterocycles. The van der Waals surface area contributed by atoms with Gasteiger partial charge >= 0.3 is 0 Å². The summed E-state index contributed by atoms with van der Waals surface area (Å²) in [6.45, 7) is 4.09. The molecule has 1 aromatic rings. The van der Waals surface area contributed by atoms with Gasteiger partial charge in [0.2, 0.25) is 0 Å². The first kappa shape index (κ1) is 18.8. The Labute approximate surface area is 167 Å². The highest BCUT2D eigenvalue weighted by Crippen LogP contribution is 2.33. The Balaban J connectivity index is 0.00000182. The van der Waals surface area contributed by atoms with Crippen molar-refractivity contribution in [1.29, 1.82) is 0 Å². The SMILES string of the molecule is CN=C(NCC1CCOc2ccccc21)NC1CCN(C2CC2)C1.I. The summed E-state index contributed by atoms with van der Waals surface area (Å²) in [5, 5.41) is 7.14. The third-order valence-corrected chi connectivity index (χ3v) is 5.45. The molecule has 0 bridgehead atoms. The highest BCUT2D eigenvalue weighted by molar-refractivity contribution is 14.0. The maximum Gasteiger partial charge on any atom is 0.191 e. The van der Waals surface area contributed by atoms with Crippen LogP contribution in [0.1, 0.15) is 37.2 Å². The predicted octanol–water partition coefficient (Wildman–Crippen LogP) is 2.57. The van der Waals surface area contributed by atoms with Gasteiger partial charge in [-0.05, 0) is 37.3 Å². The molecule has 25 heavy (non-hydrogen) atoms. The number of nitrogens with one attached hydrogen (secondary N) is 2. The van der Waals surface area contributed by atoms with E-state index in [9.17, 15) is 0 Å². The minimum absolute atomic E-state index is 0. The van der Waals surface area contributed by atoms with Crippen LogP contribution < -0.4 is 15.4 Å². The molecular formula is C19H29IN4O. The molecule has 2 unspecified atom stereocenters. The van der Waals surface area contributed by atoms with Crippen molar-refractivity contribution in [2.45, 2.75) is 43.7 Å². The van der Waals surface area contributed by atoms with Crippen LogP contribution in [-0.4, -0.2) is 56.2 Å². The zero-order chi connectivity index (χ0) is 16.4. The molecule has 0 spiro atoms. The quantitative estimate of drug-likeness (QED) is 0.416. The van der Waals surface area contributed by atoms with Crippen molar-refractivity contribution < 1.29 is 4.74 Å². The lowest BCUT2D eigenvalue weighted by molar-refractivity contribution is 0.267. The van der Waals surface area contributed by atoms with Gasteiger partial charge in [0, 0.05) is 44.7 Å². The Bertz CT molecular complexity index is 605. The van der Waals surface area contributed by atoms with E-state index in [0.717, 1.165) is 43.9 Å². The van der Waals surface area contributed by atoms with E-state index in [0.29, 0.717) is 12.0 Å². The number of hydrogen-bond donors (Lipinski definition) is 2. The Morgan fingerprint density at radius 2 is 2.08 bits per heavy atom. The van der Waals surface area contributed by atoms with E-state index in [1.807, 2.05) is 13.1 Å². The average molecular weight is 456 g/mol. The fraction of sp³-hybridized carbons (Fsp3) is 0.632. The van der Waals surface area contributed by atoms with Crippen LogP contribution in [0.25, 0.3) is 0 Å². The van der Waals surface area contributed by atoms with Gasteiger partial charge in [-0.25, -0.2) is 0 Å². The molecule has 0 amide bonds. The molecule has 2 N–H and O–H groups in total. The van der Waals surface area contributed by atoms with Gasteiger partial charge in [-0.15, -0.1) is 24.0 Å². The van der Waals surface area contributed by atoms with Crippen LogP contribution in [-0.2, 0) is 0 Å². The lowest BCUT2D eigenvalue weighted by Gasteiger charge is -2.27. The molecule has 0 aromatic heterocycles. The number of ether oxygens (including phenoxy) is 1. The van der Waals surface area contributed by atoms with Crippen LogP contribution >= 0.6 is 24.0 Å². The number of hydrogen-bond acceptors (Lipinski definition) is 3. The van der Waals surface area contributed by atoms with Crippen molar-refractivity contribution in [2.75, 3.05) is 33.3 Å². The number of aliphatic imine (C=N–C) groups is 1. The number of benzene rings is 1. The Morgan fingerprint density at radius 3 is 2.88 bits per heavy atom. The van der Waals surface area contributed by atoms with Gasteiger partial charge < -0.3 is 15.4 Å². The molecule has 4 rings (SSSR count). The molecule has 5 nitrogen and oxygen atoms in total. The average Bonchev–Trinajstić information content (AvgIpc) is 3.38. The Kier molecular flexibility index (Phi) is 6.44. The van der Waals surface area contributed by atoms with Gasteiger partial charge in [-0.2, -0.15) is 0 Å². The highest BCUT2D eigenvalue weighted by atomic mass is 127. The number of para-hydroxylation sites is 1. The van der Waals surface area contributed by atoms with Crippen molar-refractivity contribution in [3.8, 4) is 5.75 Å². The van der Waals surface area contributed by atoms with E-state index in [1.54, 1.807) is 0 Å². The summed E-state index contributed by atoms with van der Waals surface area (Å²) in [6.07, 6.45) is 5.06. The van der Waals surface area contributed by atoms with E-state index in [1.165, 1.54) is 31.4 Å². The molecule has 2 heterocycles. The summed E-state index contributed by atoms with van der Waals surface area (Å²) in [6, 6.07) is 9.78. The molecule has 138 valence electrons. The van der Waals surface area contributed by atoms with Crippen LogP contribution in [0.15, 0.2) is 29.3 Å². The molecule has 1 aromatic carbocycles. The number of guanidine groups is 1. The second-order valence-electron chi connectivity index (χ2n) is 7.18. The van der Waals surface area contributed by atoms with Gasteiger partial charge in [-0.1, -0.05) is 18.2 Å². The maximum absolute atomic E-state index is 5.76. The largest absolute Gasteiger partial charge is 0.493 e. The molecule has 1 saturated heterocycles. The summed E-state index contributed by atoms with van der Waals surface area (Å²) in [4.78, 5) is 7.05. The van der Waals surface area contributed by atoms with Crippen molar-refractivity contribution >= 4 is 29.9 Å². The molecule has 3 aliphatic rings. The lowest BCUT2D eigenvalue weighted by Crippen LogP contribution is -2.46. The first-order valence-corrected chi connectivity index (χ1v) is 9.26. The molecule has 6 heteroatoms. The number of halogens is 1. The van der Waals surface area contributed by atoms with E-state index in [4.69, 9.17) is 4.74 Å². The summed E-state index contributed by atoms with van der Waals surface area (Å²) in [7, 11) is 1.86. The number of nitrogens with zero attached hydrogens (tertiary/aromatic N) is 2. The summed E-state index contributed by atoms with van der Waals surface area (Å²) in [5.74, 6) is 2.45. The van der Waals surface area contributed by atoms with Crippen LogP contribution in [0, 0.1) is 0 Å². The minimum atomic E-state index is 0. The first-order chi connectivity index (χ1) is 11.8. The van der Waals surface area contributed by atoms with Gasteiger partial charge in [0.05, 0.1) is 6.61 Å². The zero-order valence-corrected chi connectivity index (χ0v) is 17.2. The molecule has 1 aliphatic carbocycles.